The number of benzene rings is 3. The van der Waals surface area contributed by atoms with Gasteiger partial charge in [0.15, 0.2) is 11.2 Å². The fourth-order valence-electron chi connectivity index (χ4n) is 7.16. The topological polar surface area (TPSA) is 157 Å². The Morgan fingerprint density at radius 2 is 1.72 bits per heavy atom. The second-order valence-electron chi connectivity index (χ2n) is 11.5. The predicted octanol–water partition coefficient (Wildman–Crippen LogP) is 2.57. The lowest BCUT2D eigenvalue weighted by Crippen LogP contribution is -2.52. The van der Waals surface area contributed by atoms with E-state index in [0.717, 1.165) is 0 Å². The maximum atomic E-state index is 13.5. The lowest BCUT2D eigenvalue weighted by Gasteiger charge is -2.40. The number of rotatable bonds is 10. The number of carbonyl (C=O) groups excluding carboxylic acids is 1. The Bertz CT molecular complexity index is 1540. The highest BCUT2D eigenvalue weighted by Crippen LogP contribution is 2.70. The molecule has 3 aliphatic rings. The molecule has 3 aromatic rings. The fraction of sp³-hybridized carbons (Fsp3) is 0.441. The third-order valence-electron chi connectivity index (χ3n) is 9.16. The molecule has 3 aromatic carbocycles. The molecule has 2 aliphatic heterocycles. The molecule has 12 nitrogen and oxygen atoms in total. The Morgan fingerprint density at radius 3 is 2.35 bits per heavy atom. The smallest absolute Gasteiger partial charge is 0.312 e. The summed E-state index contributed by atoms with van der Waals surface area (Å²) in [6.07, 6.45) is -3.20. The summed E-state index contributed by atoms with van der Waals surface area (Å²) in [7, 11) is 5.71. The van der Waals surface area contributed by atoms with Crippen molar-refractivity contribution in [2.24, 2.45) is 11.7 Å². The van der Waals surface area contributed by atoms with Crippen LogP contribution in [0, 0.1) is 5.92 Å². The van der Waals surface area contributed by atoms with Gasteiger partial charge in [0.25, 0.3) is 6.29 Å². The van der Waals surface area contributed by atoms with Gasteiger partial charge in [0.2, 0.25) is 6.29 Å². The van der Waals surface area contributed by atoms with E-state index in [1.807, 2.05) is 30.3 Å². The number of carbonyl (C=O) groups is 1. The summed E-state index contributed by atoms with van der Waals surface area (Å²) in [5.74, 6) is -1.66. The van der Waals surface area contributed by atoms with Gasteiger partial charge in [0, 0.05) is 25.2 Å². The van der Waals surface area contributed by atoms with Crippen LogP contribution in [0.2, 0.25) is 0 Å². The summed E-state index contributed by atoms with van der Waals surface area (Å²) in [5.41, 5.74) is 3.09. The van der Waals surface area contributed by atoms with Crippen LogP contribution in [-0.2, 0) is 34.9 Å². The molecule has 0 amide bonds. The normalized spacial score (nSPS) is 31.4. The molecule has 2 heterocycles. The lowest BCUT2D eigenvalue weighted by atomic mass is 9.70. The standard InChI is InChI=1S/C34H39NO11/c1-39-21-12-10-20(11-13-21)34-27(19-8-6-5-7-9-19)26(30(37)41-3)29(36)33(34,38)28-24(40-2)16-23(17-25(28)46-34)45-32-31(42-4)43-18-22(44-32)14-15-35/h5-13,16-17,22,26-27,29,31-32,36,38H,14-15,18,35H2,1-4H3/t22-,26+,27+,29+,31+,32-,33-,34-/m0/s1. The number of aliphatic hydroxyl groups excluding tert-OH is 1. The van der Waals surface area contributed by atoms with Gasteiger partial charge in [-0.25, -0.2) is 0 Å². The van der Waals surface area contributed by atoms with Crippen molar-refractivity contribution in [3.05, 3.63) is 83.4 Å². The van der Waals surface area contributed by atoms with Crippen molar-refractivity contribution in [2.45, 2.75) is 48.3 Å². The van der Waals surface area contributed by atoms with Crippen molar-refractivity contribution in [2.75, 3.05) is 41.6 Å². The molecular formula is C34H39NO11. The Morgan fingerprint density at radius 1 is 0.978 bits per heavy atom. The van der Waals surface area contributed by atoms with E-state index in [1.54, 1.807) is 43.5 Å². The first-order chi connectivity index (χ1) is 22.3. The van der Waals surface area contributed by atoms with Crippen molar-refractivity contribution in [1.82, 2.24) is 0 Å². The van der Waals surface area contributed by atoms with Gasteiger partial charge in [-0.1, -0.05) is 42.5 Å². The van der Waals surface area contributed by atoms with Crippen molar-refractivity contribution in [1.29, 1.82) is 0 Å². The third kappa shape index (κ3) is 4.88. The molecule has 2 fully saturated rings. The molecular weight excluding hydrogens is 598 g/mol. The van der Waals surface area contributed by atoms with E-state index in [9.17, 15) is 15.0 Å². The summed E-state index contributed by atoms with van der Waals surface area (Å²) in [4.78, 5) is 13.5. The maximum Gasteiger partial charge on any atom is 0.312 e. The van der Waals surface area contributed by atoms with Crippen LogP contribution >= 0.6 is 0 Å². The molecule has 0 bridgehead atoms. The van der Waals surface area contributed by atoms with Gasteiger partial charge >= 0.3 is 5.97 Å². The van der Waals surface area contributed by atoms with E-state index in [2.05, 4.69) is 0 Å². The quantitative estimate of drug-likeness (QED) is 0.280. The third-order valence-corrected chi connectivity index (χ3v) is 9.16. The minimum atomic E-state index is -2.20. The van der Waals surface area contributed by atoms with Crippen LogP contribution in [0.4, 0.5) is 0 Å². The summed E-state index contributed by atoms with van der Waals surface area (Å²) >= 11 is 0. The number of aliphatic hydroxyl groups is 2. The first kappa shape index (κ1) is 32.0. The van der Waals surface area contributed by atoms with Gasteiger partial charge in [-0.2, -0.15) is 0 Å². The van der Waals surface area contributed by atoms with Gasteiger partial charge < -0.3 is 53.8 Å². The van der Waals surface area contributed by atoms with E-state index in [4.69, 9.17) is 43.6 Å². The van der Waals surface area contributed by atoms with Gasteiger partial charge in [0.1, 0.15) is 29.1 Å². The highest BCUT2D eigenvalue weighted by atomic mass is 16.8. The van der Waals surface area contributed by atoms with Crippen LogP contribution in [-0.4, -0.2) is 82.6 Å². The van der Waals surface area contributed by atoms with E-state index in [1.165, 1.54) is 21.3 Å². The van der Waals surface area contributed by atoms with Gasteiger partial charge in [-0.05, 0) is 36.2 Å². The van der Waals surface area contributed by atoms with E-state index in [0.29, 0.717) is 36.4 Å². The van der Waals surface area contributed by atoms with Crippen molar-refractivity contribution in [3.63, 3.8) is 0 Å². The monoisotopic (exact) mass is 637 g/mol. The number of hydrogen-bond donors (Lipinski definition) is 3. The van der Waals surface area contributed by atoms with E-state index in [-0.39, 0.29) is 28.9 Å². The van der Waals surface area contributed by atoms with Crippen LogP contribution in [0.15, 0.2) is 66.7 Å². The minimum Gasteiger partial charge on any atom is -0.497 e. The van der Waals surface area contributed by atoms with Crippen LogP contribution in [0.25, 0.3) is 0 Å². The number of fused-ring (bicyclic) bond motifs is 3. The summed E-state index contributed by atoms with van der Waals surface area (Å²) in [5, 5.41) is 25.1. The molecule has 8 atom stereocenters. The zero-order valence-electron chi connectivity index (χ0n) is 26.1. The van der Waals surface area contributed by atoms with E-state index < -0.39 is 47.7 Å². The Kier molecular flexibility index (Phi) is 8.85. The second kappa shape index (κ2) is 12.7. The van der Waals surface area contributed by atoms with Crippen LogP contribution in [0.1, 0.15) is 29.0 Å². The second-order valence-corrected chi connectivity index (χ2v) is 11.5. The Hall–Kier alpha value is -3.91. The molecule has 246 valence electrons. The summed E-state index contributed by atoms with van der Waals surface area (Å²) < 4.78 is 46.9. The van der Waals surface area contributed by atoms with Crippen molar-refractivity contribution >= 4 is 5.97 Å². The summed E-state index contributed by atoms with van der Waals surface area (Å²) in [6, 6.07) is 19.2. The molecule has 1 saturated carbocycles. The SMILES string of the molecule is COC(=O)[C@H]1[C@@H](O)[C@@]2(O)c3c(OC)cc(O[C@@H]4O[C@@H](CCN)CO[C@H]4OC)cc3O[C@@]2(c2ccc(OC)cc2)[C@@H]1c1ccccc1. The molecule has 0 unspecified atom stereocenters. The maximum absolute atomic E-state index is 13.5. The largest absolute Gasteiger partial charge is 0.497 e. The number of hydrogen-bond acceptors (Lipinski definition) is 12. The molecule has 0 spiro atoms. The Labute approximate surface area is 266 Å². The Balaban J connectivity index is 1.53. The number of ether oxygens (including phenoxy) is 8. The average Bonchev–Trinajstić information content (AvgIpc) is 3.46. The minimum absolute atomic E-state index is 0.156. The van der Waals surface area contributed by atoms with Crippen molar-refractivity contribution < 1.29 is 52.9 Å². The molecule has 1 aliphatic carbocycles. The molecule has 1 saturated heterocycles. The fourth-order valence-corrected chi connectivity index (χ4v) is 7.16. The predicted molar refractivity (Wildman–Crippen MR) is 163 cm³/mol. The van der Waals surface area contributed by atoms with Gasteiger partial charge in [0.05, 0.1) is 45.5 Å². The number of nitrogens with two attached hydrogens (primary N) is 1. The molecule has 0 aromatic heterocycles. The number of esters is 1. The highest BCUT2D eigenvalue weighted by Gasteiger charge is 2.78. The highest BCUT2D eigenvalue weighted by molar-refractivity contribution is 5.78. The number of methoxy groups -OCH3 is 4. The molecule has 0 radical (unpaired) electrons. The molecule has 12 heteroatoms. The van der Waals surface area contributed by atoms with Crippen molar-refractivity contribution in [3.8, 4) is 23.0 Å². The first-order valence-corrected chi connectivity index (χ1v) is 15.0. The average molecular weight is 638 g/mol. The van der Waals surface area contributed by atoms with Crippen LogP contribution < -0.4 is 24.7 Å². The van der Waals surface area contributed by atoms with Crippen LogP contribution in [0.3, 0.4) is 0 Å². The zero-order valence-corrected chi connectivity index (χ0v) is 26.1. The summed E-state index contributed by atoms with van der Waals surface area (Å²) in [6.45, 7) is 0.701. The van der Waals surface area contributed by atoms with Crippen LogP contribution in [0.5, 0.6) is 23.0 Å². The first-order valence-electron chi connectivity index (χ1n) is 15.0. The van der Waals surface area contributed by atoms with E-state index >= 15 is 0 Å². The molecule has 46 heavy (non-hydrogen) atoms. The molecule has 6 rings (SSSR count). The zero-order chi connectivity index (χ0) is 32.6. The lowest BCUT2D eigenvalue weighted by molar-refractivity contribution is -0.312. The van der Waals surface area contributed by atoms with Gasteiger partial charge in [-0.3, -0.25) is 4.79 Å². The van der Waals surface area contributed by atoms with Gasteiger partial charge in [-0.15, -0.1) is 0 Å². The molecule has 4 N–H and O–H groups in total.